The van der Waals surface area contributed by atoms with Crippen molar-refractivity contribution in [1.82, 2.24) is 4.90 Å². The lowest BCUT2D eigenvalue weighted by Gasteiger charge is -2.36. The standard InChI is InChI=1S/C12H21N3O2/c1-12(2,3)17-11(16)15-7-5-10(14)9(8-15)4-6-13/h9-10H,4-5,7-8,14H2,1-3H3/t9-,10-/m0/s1. The number of nitrogens with zero attached hydrogens (tertiary/aromatic N) is 2. The monoisotopic (exact) mass is 239 g/mol. The number of amides is 1. The Balaban J connectivity index is 2.56. The lowest BCUT2D eigenvalue weighted by Crippen LogP contribution is -2.50. The van der Waals surface area contributed by atoms with E-state index in [9.17, 15) is 4.79 Å². The van der Waals surface area contributed by atoms with Crippen molar-refractivity contribution in [2.24, 2.45) is 11.7 Å². The van der Waals surface area contributed by atoms with E-state index in [1.54, 1.807) is 4.90 Å². The summed E-state index contributed by atoms with van der Waals surface area (Å²) in [7, 11) is 0. The largest absolute Gasteiger partial charge is 0.444 e. The molecule has 1 aliphatic heterocycles. The van der Waals surface area contributed by atoms with Crippen LogP contribution in [0.25, 0.3) is 0 Å². The highest BCUT2D eigenvalue weighted by molar-refractivity contribution is 5.68. The maximum Gasteiger partial charge on any atom is 0.410 e. The van der Waals surface area contributed by atoms with E-state index in [0.29, 0.717) is 19.5 Å². The molecule has 96 valence electrons. The second-order valence-corrected chi connectivity index (χ2v) is 5.50. The number of piperidine rings is 1. The van der Waals surface area contributed by atoms with Crippen LogP contribution in [-0.2, 0) is 4.74 Å². The Kier molecular flexibility index (Phi) is 4.35. The lowest BCUT2D eigenvalue weighted by atomic mass is 9.91. The van der Waals surface area contributed by atoms with Gasteiger partial charge in [-0.1, -0.05) is 0 Å². The number of carbonyl (C=O) groups is 1. The van der Waals surface area contributed by atoms with E-state index in [1.807, 2.05) is 20.8 Å². The van der Waals surface area contributed by atoms with E-state index in [0.717, 1.165) is 6.42 Å². The molecule has 5 nitrogen and oxygen atoms in total. The fraction of sp³-hybridized carbons (Fsp3) is 0.833. The number of hydrogen-bond donors (Lipinski definition) is 1. The van der Waals surface area contributed by atoms with Crippen LogP contribution in [0.3, 0.4) is 0 Å². The maximum atomic E-state index is 11.9. The van der Waals surface area contributed by atoms with Crippen molar-refractivity contribution in [3.8, 4) is 6.07 Å². The second-order valence-electron chi connectivity index (χ2n) is 5.50. The third-order valence-electron chi connectivity index (χ3n) is 2.80. The fourth-order valence-corrected chi connectivity index (χ4v) is 1.88. The summed E-state index contributed by atoms with van der Waals surface area (Å²) >= 11 is 0. The summed E-state index contributed by atoms with van der Waals surface area (Å²) in [5.41, 5.74) is 5.44. The number of likely N-dealkylation sites (tertiary alicyclic amines) is 1. The van der Waals surface area contributed by atoms with Gasteiger partial charge in [-0.2, -0.15) is 5.26 Å². The Morgan fingerprint density at radius 2 is 2.24 bits per heavy atom. The second kappa shape index (κ2) is 5.37. The molecule has 1 rings (SSSR count). The average molecular weight is 239 g/mol. The molecule has 1 aliphatic rings. The van der Waals surface area contributed by atoms with Crippen molar-refractivity contribution < 1.29 is 9.53 Å². The first kappa shape index (κ1) is 13.8. The van der Waals surface area contributed by atoms with Crippen molar-refractivity contribution in [1.29, 1.82) is 5.26 Å². The van der Waals surface area contributed by atoms with Crippen molar-refractivity contribution in [3.05, 3.63) is 0 Å². The summed E-state index contributed by atoms with van der Waals surface area (Å²) < 4.78 is 5.30. The van der Waals surface area contributed by atoms with E-state index in [1.165, 1.54) is 0 Å². The van der Waals surface area contributed by atoms with Crippen LogP contribution in [-0.4, -0.2) is 35.7 Å². The highest BCUT2D eigenvalue weighted by Gasteiger charge is 2.31. The Labute approximate surface area is 103 Å². The van der Waals surface area contributed by atoms with Gasteiger partial charge in [0.05, 0.1) is 6.07 Å². The Morgan fingerprint density at radius 1 is 1.59 bits per heavy atom. The third-order valence-corrected chi connectivity index (χ3v) is 2.80. The lowest BCUT2D eigenvalue weighted by molar-refractivity contribution is 0.0151. The van der Waals surface area contributed by atoms with Crippen LogP contribution in [0, 0.1) is 17.2 Å². The normalized spacial score (nSPS) is 25.2. The van der Waals surface area contributed by atoms with Crippen molar-refractivity contribution in [2.75, 3.05) is 13.1 Å². The van der Waals surface area contributed by atoms with Crippen molar-refractivity contribution >= 4 is 6.09 Å². The van der Waals surface area contributed by atoms with Crippen LogP contribution >= 0.6 is 0 Å². The molecule has 1 saturated heterocycles. The van der Waals surface area contributed by atoms with Gasteiger partial charge in [0.1, 0.15) is 5.60 Å². The summed E-state index contributed by atoms with van der Waals surface area (Å²) in [6.45, 7) is 6.65. The van der Waals surface area contributed by atoms with E-state index >= 15 is 0 Å². The molecule has 2 atom stereocenters. The molecular weight excluding hydrogens is 218 g/mol. The van der Waals surface area contributed by atoms with Gasteiger partial charge in [0.25, 0.3) is 0 Å². The van der Waals surface area contributed by atoms with Crippen LogP contribution in [0.4, 0.5) is 4.79 Å². The molecule has 0 unspecified atom stereocenters. The molecule has 0 aromatic carbocycles. The first-order chi connectivity index (χ1) is 7.83. The van der Waals surface area contributed by atoms with Gasteiger partial charge in [0.2, 0.25) is 0 Å². The van der Waals surface area contributed by atoms with Gasteiger partial charge in [-0.05, 0) is 27.2 Å². The topological polar surface area (TPSA) is 79.3 Å². The van der Waals surface area contributed by atoms with Crippen molar-refractivity contribution in [3.63, 3.8) is 0 Å². The fourth-order valence-electron chi connectivity index (χ4n) is 1.88. The molecule has 0 spiro atoms. The quantitative estimate of drug-likeness (QED) is 0.751. The molecule has 0 radical (unpaired) electrons. The minimum atomic E-state index is -0.485. The molecule has 2 N–H and O–H groups in total. The van der Waals surface area contributed by atoms with Gasteiger partial charge >= 0.3 is 6.09 Å². The third kappa shape index (κ3) is 4.23. The highest BCUT2D eigenvalue weighted by atomic mass is 16.6. The predicted molar refractivity (Wildman–Crippen MR) is 64.1 cm³/mol. The zero-order valence-electron chi connectivity index (χ0n) is 10.8. The first-order valence-corrected chi connectivity index (χ1v) is 5.94. The zero-order chi connectivity index (χ0) is 13.1. The van der Waals surface area contributed by atoms with Gasteiger partial charge in [-0.3, -0.25) is 0 Å². The van der Waals surface area contributed by atoms with E-state index < -0.39 is 5.60 Å². The number of hydrogen-bond acceptors (Lipinski definition) is 4. The molecule has 0 aliphatic carbocycles. The molecule has 0 aromatic rings. The molecule has 5 heteroatoms. The molecule has 1 heterocycles. The number of nitrogens with two attached hydrogens (primary N) is 1. The zero-order valence-corrected chi connectivity index (χ0v) is 10.8. The summed E-state index contributed by atoms with van der Waals surface area (Å²) in [6, 6.07) is 2.12. The Bertz CT molecular complexity index is 317. The Morgan fingerprint density at radius 3 is 2.76 bits per heavy atom. The van der Waals surface area contributed by atoms with E-state index in [-0.39, 0.29) is 18.1 Å². The molecule has 0 saturated carbocycles. The number of carbonyl (C=O) groups excluding carboxylic acids is 1. The first-order valence-electron chi connectivity index (χ1n) is 5.94. The van der Waals surface area contributed by atoms with E-state index in [4.69, 9.17) is 15.7 Å². The van der Waals surface area contributed by atoms with Crippen LogP contribution in [0.15, 0.2) is 0 Å². The van der Waals surface area contributed by atoms with Crippen LogP contribution in [0.1, 0.15) is 33.6 Å². The van der Waals surface area contributed by atoms with Gasteiger partial charge in [0.15, 0.2) is 0 Å². The maximum absolute atomic E-state index is 11.9. The number of rotatable bonds is 1. The smallest absolute Gasteiger partial charge is 0.410 e. The van der Waals surface area contributed by atoms with Gasteiger partial charge < -0.3 is 15.4 Å². The number of ether oxygens (including phenoxy) is 1. The van der Waals surface area contributed by atoms with Gasteiger partial charge in [-0.15, -0.1) is 0 Å². The SMILES string of the molecule is CC(C)(C)OC(=O)N1CC[C@H](N)[C@@H](CC#N)C1. The highest BCUT2D eigenvalue weighted by Crippen LogP contribution is 2.20. The van der Waals surface area contributed by atoms with E-state index in [2.05, 4.69) is 6.07 Å². The summed E-state index contributed by atoms with van der Waals surface area (Å²) in [5.74, 6) is 0.0567. The average Bonchev–Trinajstić information content (AvgIpc) is 2.19. The van der Waals surface area contributed by atoms with Gasteiger partial charge in [-0.25, -0.2) is 4.79 Å². The van der Waals surface area contributed by atoms with Crippen molar-refractivity contribution in [2.45, 2.75) is 45.3 Å². The van der Waals surface area contributed by atoms with Gasteiger partial charge in [0, 0.05) is 31.5 Å². The molecule has 0 bridgehead atoms. The van der Waals surface area contributed by atoms with Crippen LogP contribution < -0.4 is 5.73 Å². The minimum Gasteiger partial charge on any atom is -0.444 e. The summed E-state index contributed by atoms with van der Waals surface area (Å²) in [5, 5.41) is 8.71. The van der Waals surface area contributed by atoms with Crippen LogP contribution in [0.5, 0.6) is 0 Å². The predicted octanol–water partition coefficient (Wildman–Crippen LogP) is 1.48. The molecule has 17 heavy (non-hydrogen) atoms. The number of nitriles is 1. The molecule has 1 fully saturated rings. The molecular formula is C12H21N3O2. The summed E-state index contributed by atoms with van der Waals surface area (Å²) in [4.78, 5) is 13.5. The summed E-state index contributed by atoms with van der Waals surface area (Å²) in [6.07, 6.45) is 0.804. The molecule has 0 aromatic heterocycles. The Hall–Kier alpha value is -1.28. The minimum absolute atomic E-state index is 0.00772. The molecule has 1 amide bonds. The van der Waals surface area contributed by atoms with Crippen LogP contribution in [0.2, 0.25) is 0 Å².